The molecule has 0 bridgehead atoms. The molecule has 31 heavy (non-hydrogen) atoms. The molecule has 0 aliphatic rings. The van der Waals surface area contributed by atoms with Gasteiger partial charge in [-0.15, -0.1) is 0 Å². The van der Waals surface area contributed by atoms with Gasteiger partial charge in [0.2, 0.25) is 0 Å². The number of methoxy groups -OCH3 is 1. The average Bonchev–Trinajstić information content (AvgIpc) is 3.54. The molecule has 5 nitrogen and oxygen atoms in total. The van der Waals surface area contributed by atoms with E-state index in [4.69, 9.17) is 13.6 Å². The Morgan fingerprint density at radius 1 is 0.968 bits per heavy atom. The largest absolute Gasteiger partial charge is 0.497 e. The van der Waals surface area contributed by atoms with E-state index in [1.165, 1.54) is 12.5 Å². The lowest BCUT2D eigenvalue weighted by Gasteiger charge is -2.25. The van der Waals surface area contributed by atoms with Crippen LogP contribution in [0.4, 0.5) is 0 Å². The van der Waals surface area contributed by atoms with Crippen LogP contribution in [0.3, 0.4) is 0 Å². The molecule has 1 amide bonds. The lowest BCUT2D eigenvalue weighted by Crippen LogP contribution is -2.32. The Labute approximate surface area is 181 Å². The van der Waals surface area contributed by atoms with Gasteiger partial charge in [0, 0.05) is 19.0 Å². The molecular weight excluding hydrogens is 390 g/mol. The predicted octanol–water partition coefficient (Wildman–Crippen LogP) is 5.75. The molecule has 0 fully saturated rings. The highest BCUT2D eigenvalue weighted by atomic mass is 16.5. The van der Waals surface area contributed by atoms with Crippen molar-refractivity contribution in [2.24, 2.45) is 0 Å². The Morgan fingerprint density at radius 3 is 2.42 bits per heavy atom. The summed E-state index contributed by atoms with van der Waals surface area (Å²) in [6.45, 7) is 1.06. The Bertz CT molecular complexity index is 1050. The summed E-state index contributed by atoms with van der Waals surface area (Å²) < 4.78 is 16.1. The molecule has 158 valence electrons. The zero-order valence-corrected chi connectivity index (χ0v) is 17.4. The van der Waals surface area contributed by atoms with Crippen LogP contribution in [0.25, 0.3) is 0 Å². The molecule has 5 heteroatoms. The number of rotatable bonds is 9. The standard InChI is InChI=1S/C26H25NO4/c1-29-23-11-9-20(10-12-23)18-27(26(28)22-14-17-30-19-22)15-13-24(25-8-5-16-31-25)21-6-3-2-4-7-21/h2-12,14,16-17,19,24H,13,15,18H2,1H3/t24-/m1/s1. The second kappa shape index (κ2) is 9.85. The van der Waals surface area contributed by atoms with E-state index in [1.54, 1.807) is 19.4 Å². The summed E-state index contributed by atoms with van der Waals surface area (Å²) in [5, 5.41) is 0. The quantitative estimate of drug-likeness (QED) is 0.349. The zero-order chi connectivity index (χ0) is 21.5. The molecule has 0 radical (unpaired) electrons. The first-order valence-corrected chi connectivity index (χ1v) is 10.3. The molecule has 0 spiro atoms. The summed E-state index contributed by atoms with van der Waals surface area (Å²) in [7, 11) is 1.64. The molecule has 1 atom stereocenters. The van der Waals surface area contributed by atoms with E-state index in [2.05, 4.69) is 12.1 Å². The number of amides is 1. The van der Waals surface area contributed by atoms with Crippen molar-refractivity contribution >= 4 is 5.91 Å². The van der Waals surface area contributed by atoms with Crippen molar-refractivity contribution in [2.75, 3.05) is 13.7 Å². The van der Waals surface area contributed by atoms with E-state index in [9.17, 15) is 4.79 Å². The molecule has 4 aromatic rings. The first-order chi connectivity index (χ1) is 15.2. The maximum absolute atomic E-state index is 13.2. The van der Waals surface area contributed by atoms with E-state index in [-0.39, 0.29) is 11.8 Å². The first kappa shape index (κ1) is 20.5. The Kier molecular flexibility index (Phi) is 6.53. The summed E-state index contributed by atoms with van der Waals surface area (Å²) in [4.78, 5) is 15.0. The molecule has 4 rings (SSSR count). The number of carbonyl (C=O) groups is 1. The van der Waals surface area contributed by atoms with E-state index in [0.717, 1.165) is 29.1 Å². The zero-order valence-electron chi connectivity index (χ0n) is 17.4. The van der Waals surface area contributed by atoms with Gasteiger partial charge >= 0.3 is 0 Å². The van der Waals surface area contributed by atoms with Gasteiger partial charge in [-0.2, -0.15) is 0 Å². The lowest BCUT2D eigenvalue weighted by molar-refractivity contribution is 0.0737. The minimum absolute atomic E-state index is 0.0594. The maximum Gasteiger partial charge on any atom is 0.257 e. The highest BCUT2D eigenvalue weighted by Crippen LogP contribution is 2.29. The molecule has 0 aliphatic heterocycles. The number of carbonyl (C=O) groups excluding carboxylic acids is 1. The third-order valence-corrected chi connectivity index (χ3v) is 5.36. The summed E-state index contributed by atoms with van der Waals surface area (Å²) in [5.41, 5.74) is 2.74. The van der Waals surface area contributed by atoms with Crippen LogP contribution in [-0.4, -0.2) is 24.5 Å². The minimum Gasteiger partial charge on any atom is -0.497 e. The number of benzene rings is 2. The molecule has 2 aromatic carbocycles. The second-order valence-corrected chi connectivity index (χ2v) is 7.35. The molecule has 0 saturated carbocycles. The number of hydrogen-bond acceptors (Lipinski definition) is 4. The molecule has 2 heterocycles. The van der Waals surface area contributed by atoms with Gasteiger partial charge < -0.3 is 18.5 Å². The number of ether oxygens (including phenoxy) is 1. The summed E-state index contributed by atoms with van der Waals surface area (Å²) in [6, 6.07) is 23.6. The van der Waals surface area contributed by atoms with Gasteiger partial charge in [0.15, 0.2) is 0 Å². The lowest BCUT2D eigenvalue weighted by atomic mass is 9.93. The van der Waals surface area contributed by atoms with Crippen molar-refractivity contribution in [3.05, 3.63) is 114 Å². The highest BCUT2D eigenvalue weighted by Gasteiger charge is 2.22. The van der Waals surface area contributed by atoms with Crippen molar-refractivity contribution < 1.29 is 18.4 Å². The Hall–Kier alpha value is -3.73. The second-order valence-electron chi connectivity index (χ2n) is 7.35. The van der Waals surface area contributed by atoms with Crippen LogP contribution in [0, 0.1) is 0 Å². The minimum atomic E-state index is -0.0594. The van der Waals surface area contributed by atoms with E-state index >= 15 is 0 Å². The smallest absolute Gasteiger partial charge is 0.257 e. The Morgan fingerprint density at radius 2 is 1.77 bits per heavy atom. The van der Waals surface area contributed by atoms with Crippen LogP contribution in [0.5, 0.6) is 5.75 Å². The number of nitrogens with zero attached hydrogens (tertiary/aromatic N) is 1. The maximum atomic E-state index is 13.2. The van der Waals surface area contributed by atoms with Gasteiger partial charge in [0.05, 0.1) is 25.2 Å². The summed E-state index contributed by atoms with van der Waals surface area (Å²) in [6.07, 6.45) is 5.44. The SMILES string of the molecule is COc1ccc(CN(CC[C@H](c2ccccc2)c2ccco2)C(=O)c2ccoc2)cc1. The van der Waals surface area contributed by atoms with Gasteiger partial charge in [-0.25, -0.2) is 0 Å². The summed E-state index contributed by atoms with van der Waals surface area (Å²) in [5.74, 6) is 1.69. The summed E-state index contributed by atoms with van der Waals surface area (Å²) >= 11 is 0. The van der Waals surface area contributed by atoms with Crippen molar-refractivity contribution in [1.29, 1.82) is 0 Å². The molecule has 0 N–H and O–H groups in total. The molecule has 0 unspecified atom stereocenters. The van der Waals surface area contributed by atoms with E-state index < -0.39 is 0 Å². The normalized spacial score (nSPS) is 11.8. The van der Waals surface area contributed by atoms with Crippen LogP contribution in [0.2, 0.25) is 0 Å². The van der Waals surface area contributed by atoms with Crippen molar-refractivity contribution in [2.45, 2.75) is 18.9 Å². The van der Waals surface area contributed by atoms with Gasteiger partial charge in [-0.1, -0.05) is 42.5 Å². The molecule has 0 aliphatic carbocycles. The monoisotopic (exact) mass is 415 g/mol. The molecular formula is C26H25NO4. The van der Waals surface area contributed by atoms with Crippen LogP contribution in [-0.2, 0) is 6.54 Å². The van der Waals surface area contributed by atoms with Crippen LogP contribution in [0.15, 0.2) is 100 Å². The van der Waals surface area contributed by atoms with Gasteiger partial charge in [0.1, 0.15) is 17.8 Å². The topological polar surface area (TPSA) is 55.8 Å². The van der Waals surface area contributed by atoms with Crippen molar-refractivity contribution in [3.8, 4) is 5.75 Å². The number of furan rings is 2. The van der Waals surface area contributed by atoms with Crippen LogP contribution in [0.1, 0.15) is 39.6 Å². The average molecular weight is 415 g/mol. The Balaban J connectivity index is 1.56. The molecule has 2 aromatic heterocycles. The third kappa shape index (κ3) is 5.07. The molecule has 0 saturated heterocycles. The first-order valence-electron chi connectivity index (χ1n) is 10.3. The predicted molar refractivity (Wildman–Crippen MR) is 118 cm³/mol. The van der Waals surface area contributed by atoms with Gasteiger partial charge in [-0.05, 0) is 47.9 Å². The van der Waals surface area contributed by atoms with Crippen molar-refractivity contribution in [3.63, 3.8) is 0 Å². The van der Waals surface area contributed by atoms with Gasteiger partial charge in [-0.3, -0.25) is 4.79 Å². The fourth-order valence-corrected chi connectivity index (χ4v) is 3.71. The fourth-order valence-electron chi connectivity index (χ4n) is 3.71. The van der Waals surface area contributed by atoms with Crippen molar-refractivity contribution in [1.82, 2.24) is 4.90 Å². The van der Waals surface area contributed by atoms with Crippen LogP contribution >= 0.6 is 0 Å². The highest BCUT2D eigenvalue weighted by molar-refractivity contribution is 5.93. The van der Waals surface area contributed by atoms with Gasteiger partial charge in [0.25, 0.3) is 5.91 Å². The van der Waals surface area contributed by atoms with E-state index in [1.807, 2.05) is 59.5 Å². The van der Waals surface area contributed by atoms with E-state index in [0.29, 0.717) is 18.7 Å². The fraction of sp³-hybridized carbons (Fsp3) is 0.192. The third-order valence-electron chi connectivity index (χ3n) is 5.36. The number of hydrogen-bond donors (Lipinski definition) is 0. The van der Waals surface area contributed by atoms with Crippen LogP contribution < -0.4 is 4.74 Å².